The molecule has 7 heteroatoms. The first kappa shape index (κ1) is 22.9. The summed E-state index contributed by atoms with van der Waals surface area (Å²) in [4.78, 5) is 26.5. The van der Waals surface area contributed by atoms with Gasteiger partial charge in [0, 0.05) is 0 Å². The second-order valence-electron chi connectivity index (χ2n) is 7.54. The zero-order valence-corrected chi connectivity index (χ0v) is 19.1. The van der Waals surface area contributed by atoms with Gasteiger partial charge in [0.15, 0.2) is 5.57 Å². The van der Waals surface area contributed by atoms with Crippen LogP contribution in [0.4, 0.5) is 4.39 Å². The van der Waals surface area contributed by atoms with E-state index in [4.69, 9.17) is 0 Å². The van der Waals surface area contributed by atoms with Crippen molar-refractivity contribution in [1.29, 1.82) is 5.26 Å². The smallest absolute Gasteiger partial charge is 0.273 e. The zero-order chi connectivity index (χ0) is 24.1. The summed E-state index contributed by atoms with van der Waals surface area (Å²) in [5.74, 6) is -0.951. The van der Waals surface area contributed by atoms with Crippen LogP contribution in [0.2, 0.25) is 0 Å². The molecule has 168 valence electrons. The van der Waals surface area contributed by atoms with Crippen LogP contribution in [0, 0.1) is 17.1 Å². The molecule has 4 rings (SSSR count). The maximum atomic E-state index is 13.4. The number of rotatable bonds is 5. The molecule has 0 aliphatic carbocycles. The molecule has 1 atom stereocenters. The molecule has 0 spiro atoms. The fourth-order valence-electron chi connectivity index (χ4n) is 3.46. The van der Waals surface area contributed by atoms with Gasteiger partial charge in [0.2, 0.25) is 0 Å². The van der Waals surface area contributed by atoms with E-state index in [1.165, 1.54) is 16.7 Å². The second-order valence-corrected chi connectivity index (χ2v) is 8.57. The summed E-state index contributed by atoms with van der Waals surface area (Å²) in [6.45, 7) is 1.83. The highest BCUT2D eigenvalue weighted by molar-refractivity contribution is 7.07. The first-order chi connectivity index (χ1) is 16.5. The van der Waals surface area contributed by atoms with E-state index in [9.17, 15) is 19.2 Å². The van der Waals surface area contributed by atoms with Crippen LogP contribution in [0.5, 0.6) is 0 Å². The summed E-state index contributed by atoms with van der Waals surface area (Å²) in [5, 5.41) is 12.8. The number of para-hydroxylation sites is 1. The Morgan fingerprint density at radius 2 is 1.65 bits per heavy atom. The number of nitriles is 1. The van der Waals surface area contributed by atoms with Gasteiger partial charge >= 0.3 is 0 Å². The van der Waals surface area contributed by atoms with Crippen molar-refractivity contribution >= 4 is 28.9 Å². The van der Waals surface area contributed by atoms with E-state index in [2.05, 4.69) is 5.32 Å². The predicted molar refractivity (Wildman–Crippen MR) is 131 cm³/mol. The van der Waals surface area contributed by atoms with Crippen molar-refractivity contribution in [1.82, 2.24) is 9.88 Å². The number of amides is 1. The van der Waals surface area contributed by atoms with Gasteiger partial charge in [-0.1, -0.05) is 60.7 Å². The van der Waals surface area contributed by atoms with Crippen LogP contribution in [0.3, 0.4) is 0 Å². The standard InChI is InChI=1S/C27H20FN3O2S/c1-18(20-8-4-2-5-9-20)30-25(32)23(17-29)27-31(22-10-6-3-7-11-22)26(33)24(34-27)16-19-12-14-21(28)15-13-19/h2-16,18H,1H3,(H,30,32)/b24-16+,27-23-/t18-/m1/s1. The number of nitrogens with one attached hydrogen (secondary N) is 1. The van der Waals surface area contributed by atoms with Crippen LogP contribution >= 0.6 is 11.3 Å². The summed E-state index contributed by atoms with van der Waals surface area (Å²) >= 11 is 1.04. The van der Waals surface area contributed by atoms with Crippen LogP contribution < -0.4 is 20.1 Å². The lowest BCUT2D eigenvalue weighted by Crippen LogP contribution is -2.34. The van der Waals surface area contributed by atoms with Crippen molar-refractivity contribution in [3.05, 3.63) is 121 Å². The fourth-order valence-corrected chi connectivity index (χ4v) is 4.56. The minimum atomic E-state index is -0.571. The molecule has 0 saturated carbocycles. The van der Waals surface area contributed by atoms with Crippen molar-refractivity contribution < 1.29 is 9.18 Å². The molecule has 3 aromatic carbocycles. The monoisotopic (exact) mass is 469 g/mol. The van der Waals surface area contributed by atoms with Gasteiger partial charge in [-0.15, -0.1) is 11.3 Å². The molecule has 0 unspecified atom stereocenters. The Hall–Kier alpha value is -4.28. The number of thiazole rings is 1. The average molecular weight is 470 g/mol. The molecule has 1 heterocycles. The maximum Gasteiger partial charge on any atom is 0.273 e. The summed E-state index contributed by atoms with van der Waals surface area (Å²) in [6.07, 6.45) is 1.62. The summed E-state index contributed by atoms with van der Waals surface area (Å²) in [7, 11) is 0. The first-order valence-corrected chi connectivity index (χ1v) is 11.3. The molecular formula is C27H20FN3O2S. The molecule has 0 aliphatic rings. The molecule has 0 bridgehead atoms. The molecule has 0 fully saturated rings. The molecule has 0 saturated heterocycles. The minimum Gasteiger partial charge on any atom is -0.345 e. The third-order valence-electron chi connectivity index (χ3n) is 5.21. The SMILES string of the molecule is C[C@@H](NC(=O)/C(C#N)=c1\s/c(=C/c2ccc(F)cc2)c(=O)n1-c1ccccc1)c1ccccc1. The van der Waals surface area contributed by atoms with Gasteiger partial charge in [0.25, 0.3) is 11.5 Å². The van der Waals surface area contributed by atoms with Gasteiger partial charge in [-0.2, -0.15) is 5.26 Å². The van der Waals surface area contributed by atoms with Gasteiger partial charge in [-0.3, -0.25) is 14.2 Å². The second kappa shape index (κ2) is 10.1. The van der Waals surface area contributed by atoms with Crippen molar-refractivity contribution in [2.45, 2.75) is 13.0 Å². The highest BCUT2D eigenvalue weighted by Gasteiger charge is 2.19. The third kappa shape index (κ3) is 4.87. The normalized spacial score (nSPS) is 13.1. The average Bonchev–Trinajstić information content (AvgIpc) is 3.17. The number of halogens is 1. The number of hydrogen-bond donors (Lipinski definition) is 1. The van der Waals surface area contributed by atoms with Gasteiger partial charge in [0.05, 0.1) is 16.3 Å². The van der Waals surface area contributed by atoms with Crippen molar-refractivity contribution in [3.8, 4) is 11.8 Å². The summed E-state index contributed by atoms with van der Waals surface area (Å²) in [5.41, 5.74) is 1.53. The maximum absolute atomic E-state index is 13.4. The van der Waals surface area contributed by atoms with Crippen LogP contribution in [-0.4, -0.2) is 10.5 Å². The molecular weight excluding hydrogens is 449 g/mol. The lowest BCUT2D eigenvalue weighted by molar-refractivity contribution is -0.116. The van der Waals surface area contributed by atoms with Crippen molar-refractivity contribution in [3.63, 3.8) is 0 Å². The number of aromatic nitrogens is 1. The van der Waals surface area contributed by atoms with E-state index in [1.807, 2.05) is 49.4 Å². The summed E-state index contributed by atoms with van der Waals surface area (Å²) in [6, 6.07) is 25.6. The fraction of sp³-hybridized carbons (Fsp3) is 0.0741. The molecule has 34 heavy (non-hydrogen) atoms. The number of carbonyl (C=O) groups is 1. The van der Waals surface area contributed by atoms with Crippen LogP contribution in [-0.2, 0) is 4.79 Å². The summed E-state index contributed by atoms with van der Waals surface area (Å²) < 4.78 is 15.2. The van der Waals surface area contributed by atoms with Crippen LogP contribution in [0.25, 0.3) is 17.3 Å². The molecule has 1 N–H and O–H groups in total. The minimum absolute atomic E-state index is 0.160. The molecule has 0 aliphatic heterocycles. The van der Waals surface area contributed by atoms with Crippen molar-refractivity contribution in [2.75, 3.05) is 0 Å². The zero-order valence-electron chi connectivity index (χ0n) is 18.2. The lowest BCUT2D eigenvalue weighted by atomic mass is 10.1. The highest BCUT2D eigenvalue weighted by Crippen LogP contribution is 2.12. The van der Waals surface area contributed by atoms with E-state index in [-0.39, 0.29) is 27.7 Å². The lowest BCUT2D eigenvalue weighted by Gasteiger charge is -2.13. The number of nitrogens with zero attached hydrogens (tertiary/aromatic N) is 2. The van der Waals surface area contributed by atoms with Crippen LogP contribution in [0.1, 0.15) is 24.1 Å². The van der Waals surface area contributed by atoms with E-state index in [0.29, 0.717) is 15.8 Å². The van der Waals surface area contributed by atoms with Crippen molar-refractivity contribution in [2.24, 2.45) is 0 Å². The largest absolute Gasteiger partial charge is 0.345 e. The number of benzene rings is 3. The number of hydrogen-bond acceptors (Lipinski definition) is 4. The predicted octanol–water partition coefficient (Wildman–Crippen LogP) is 3.42. The van der Waals surface area contributed by atoms with Gasteiger partial charge in [-0.05, 0) is 48.4 Å². The molecule has 5 nitrogen and oxygen atoms in total. The topological polar surface area (TPSA) is 74.9 Å². The molecule has 1 aromatic heterocycles. The Balaban J connectivity index is 1.89. The van der Waals surface area contributed by atoms with E-state index in [1.54, 1.807) is 42.5 Å². The Kier molecular flexibility index (Phi) is 6.81. The molecule has 4 aromatic rings. The Morgan fingerprint density at radius 1 is 1.03 bits per heavy atom. The van der Waals surface area contributed by atoms with Crippen LogP contribution in [0.15, 0.2) is 89.7 Å². The number of carbonyl (C=O) groups excluding carboxylic acids is 1. The van der Waals surface area contributed by atoms with E-state index < -0.39 is 5.91 Å². The van der Waals surface area contributed by atoms with Gasteiger partial charge in [-0.25, -0.2) is 4.39 Å². The van der Waals surface area contributed by atoms with Gasteiger partial charge < -0.3 is 5.32 Å². The Bertz CT molecular complexity index is 1530. The third-order valence-corrected chi connectivity index (χ3v) is 6.30. The molecule has 1 amide bonds. The molecule has 0 radical (unpaired) electrons. The highest BCUT2D eigenvalue weighted by atomic mass is 32.1. The quantitative estimate of drug-likeness (QED) is 0.487. The van der Waals surface area contributed by atoms with E-state index >= 15 is 0 Å². The first-order valence-electron chi connectivity index (χ1n) is 10.5. The van der Waals surface area contributed by atoms with Gasteiger partial charge in [0.1, 0.15) is 16.5 Å². The Morgan fingerprint density at radius 3 is 2.26 bits per heavy atom. The Labute approximate surface area is 199 Å². The van der Waals surface area contributed by atoms with E-state index in [0.717, 1.165) is 16.9 Å².